The first-order valence-corrected chi connectivity index (χ1v) is 8.31. The summed E-state index contributed by atoms with van der Waals surface area (Å²) in [4.78, 5) is 35.4. The lowest BCUT2D eigenvalue weighted by Gasteiger charge is -2.22. The largest absolute Gasteiger partial charge is 0.340 e. The van der Waals surface area contributed by atoms with Gasteiger partial charge in [-0.3, -0.25) is 9.13 Å². The third kappa shape index (κ3) is 6.11. The minimum atomic E-state index is -4.83. The summed E-state index contributed by atoms with van der Waals surface area (Å²) in [6.45, 7) is 1.93. The molecule has 16 heavy (non-hydrogen) atoms. The quantitative estimate of drug-likeness (QED) is 0.428. The second-order valence-electron chi connectivity index (χ2n) is 3.80. The Labute approximate surface area is 94.4 Å². The molecule has 1 atom stereocenters. The molecule has 0 aromatic heterocycles. The van der Waals surface area contributed by atoms with E-state index < -0.39 is 26.6 Å². The molecule has 9 heteroatoms. The standard InChI is InChI=1S/C7H19NO6P2/c1-2-3-4-6(8)5-7(15(9,10)11)16(12,13)14/h6-7H,2-5,8H2,1H3,(H2,9,10,11)(H2,12,13,14). The van der Waals surface area contributed by atoms with Crippen molar-refractivity contribution in [1.29, 1.82) is 0 Å². The van der Waals surface area contributed by atoms with Crippen LogP contribution in [0.4, 0.5) is 0 Å². The second-order valence-corrected chi connectivity index (χ2v) is 7.81. The zero-order valence-electron chi connectivity index (χ0n) is 9.06. The van der Waals surface area contributed by atoms with E-state index >= 15 is 0 Å². The van der Waals surface area contributed by atoms with Gasteiger partial charge in [-0.1, -0.05) is 19.8 Å². The molecule has 0 spiro atoms. The van der Waals surface area contributed by atoms with E-state index in [0.29, 0.717) is 6.42 Å². The summed E-state index contributed by atoms with van der Waals surface area (Å²) in [7, 11) is -9.65. The molecule has 7 nitrogen and oxygen atoms in total. The summed E-state index contributed by atoms with van der Waals surface area (Å²) in [5.74, 6) is 0. The topological polar surface area (TPSA) is 141 Å². The number of hydrogen-bond acceptors (Lipinski definition) is 3. The number of nitrogens with two attached hydrogens (primary N) is 1. The van der Waals surface area contributed by atoms with Gasteiger partial charge in [0.25, 0.3) is 0 Å². The SMILES string of the molecule is CCCCC(N)CC(P(=O)(O)O)P(=O)(O)O. The Morgan fingerprint density at radius 1 is 1.12 bits per heavy atom. The molecule has 0 fully saturated rings. The lowest BCUT2D eigenvalue weighted by Crippen LogP contribution is -2.26. The second kappa shape index (κ2) is 6.26. The van der Waals surface area contributed by atoms with Gasteiger partial charge >= 0.3 is 15.2 Å². The predicted molar refractivity (Wildman–Crippen MR) is 60.0 cm³/mol. The Balaban J connectivity index is 4.59. The lowest BCUT2D eigenvalue weighted by atomic mass is 10.1. The Hall–Kier alpha value is 0.260. The van der Waals surface area contributed by atoms with Gasteiger partial charge in [-0.2, -0.15) is 0 Å². The normalized spacial score (nSPS) is 15.4. The van der Waals surface area contributed by atoms with Crippen molar-refractivity contribution in [3.05, 3.63) is 0 Å². The maximum Gasteiger partial charge on any atom is 0.340 e. The van der Waals surface area contributed by atoms with Crippen LogP contribution in [0.25, 0.3) is 0 Å². The van der Waals surface area contributed by atoms with Crippen molar-refractivity contribution in [3.63, 3.8) is 0 Å². The van der Waals surface area contributed by atoms with Gasteiger partial charge in [0.05, 0.1) is 0 Å². The van der Waals surface area contributed by atoms with Crippen LogP contribution in [0.2, 0.25) is 0 Å². The first-order chi connectivity index (χ1) is 7.09. The highest BCUT2D eigenvalue weighted by molar-refractivity contribution is 7.70. The van der Waals surface area contributed by atoms with Crippen LogP contribution in [-0.2, 0) is 9.13 Å². The minimum Gasteiger partial charge on any atom is -0.328 e. The fourth-order valence-corrected chi connectivity index (χ4v) is 3.98. The van der Waals surface area contributed by atoms with Crippen LogP contribution >= 0.6 is 15.2 Å². The molecule has 1 unspecified atom stereocenters. The fourth-order valence-electron chi connectivity index (χ4n) is 1.33. The molecular formula is C7H19NO6P2. The van der Waals surface area contributed by atoms with Gasteiger partial charge in [-0.15, -0.1) is 0 Å². The van der Waals surface area contributed by atoms with Crippen LogP contribution in [0.15, 0.2) is 0 Å². The molecule has 0 heterocycles. The van der Waals surface area contributed by atoms with E-state index in [1.807, 2.05) is 6.92 Å². The molecule has 0 aromatic rings. The molecular weight excluding hydrogens is 256 g/mol. The summed E-state index contributed by atoms with van der Waals surface area (Å²) in [6.07, 6.45) is 1.75. The Bertz CT molecular complexity index is 275. The minimum absolute atomic E-state index is 0.367. The molecule has 0 bridgehead atoms. The van der Waals surface area contributed by atoms with Crippen molar-refractivity contribution in [2.45, 2.75) is 44.0 Å². The number of hydrogen-bond donors (Lipinski definition) is 5. The average Bonchev–Trinajstić information content (AvgIpc) is 2.07. The van der Waals surface area contributed by atoms with Crippen LogP contribution < -0.4 is 5.73 Å². The van der Waals surface area contributed by atoms with Crippen LogP contribution in [0.1, 0.15) is 32.6 Å². The maximum absolute atomic E-state index is 10.9. The Kier molecular flexibility index (Phi) is 6.36. The first-order valence-electron chi connectivity index (χ1n) is 4.95. The fraction of sp³-hybridized carbons (Fsp3) is 1.00. The van der Waals surface area contributed by atoms with E-state index in [1.54, 1.807) is 0 Å². The molecule has 0 aliphatic carbocycles. The highest BCUT2D eigenvalue weighted by Gasteiger charge is 2.43. The van der Waals surface area contributed by atoms with E-state index in [2.05, 4.69) is 0 Å². The molecule has 0 saturated heterocycles. The van der Waals surface area contributed by atoms with Crippen molar-refractivity contribution in [3.8, 4) is 0 Å². The van der Waals surface area contributed by atoms with Crippen LogP contribution in [0.3, 0.4) is 0 Å². The van der Waals surface area contributed by atoms with E-state index in [-0.39, 0.29) is 6.42 Å². The van der Waals surface area contributed by atoms with Gasteiger partial charge in [0.15, 0.2) is 5.40 Å². The molecule has 0 rings (SSSR count). The smallest absolute Gasteiger partial charge is 0.328 e. The monoisotopic (exact) mass is 275 g/mol. The maximum atomic E-state index is 10.9. The molecule has 0 saturated carbocycles. The van der Waals surface area contributed by atoms with Crippen LogP contribution in [0.5, 0.6) is 0 Å². The van der Waals surface area contributed by atoms with Crippen molar-refractivity contribution in [2.24, 2.45) is 5.73 Å². The van der Waals surface area contributed by atoms with Gasteiger partial charge in [-0.05, 0) is 12.8 Å². The van der Waals surface area contributed by atoms with Gasteiger partial charge in [0.1, 0.15) is 0 Å². The van der Waals surface area contributed by atoms with Crippen LogP contribution in [-0.4, -0.2) is 31.0 Å². The zero-order valence-corrected chi connectivity index (χ0v) is 10.8. The van der Waals surface area contributed by atoms with Crippen molar-refractivity contribution in [1.82, 2.24) is 0 Å². The highest BCUT2D eigenvalue weighted by atomic mass is 31.2. The van der Waals surface area contributed by atoms with Crippen molar-refractivity contribution in [2.75, 3.05) is 0 Å². The summed E-state index contributed by atoms with van der Waals surface area (Å²) in [5, 5.41) is -1.98. The zero-order chi connectivity index (χ0) is 13.0. The van der Waals surface area contributed by atoms with E-state index in [9.17, 15) is 9.13 Å². The molecule has 0 aliphatic heterocycles. The highest BCUT2D eigenvalue weighted by Crippen LogP contribution is 2.61. The Morgan fingerprint density at radius 2 is 1.56 bits per heavy atom. The molecule has 98 valence electrons. The van der Waals surface area contributed by atoms with E-state index in [4.69, 9.17) is 25.3 Å². The first kappa shape index (κ1) is 16.3. The van der Waals surface area contributed by atoms with Gasteiger partial charge in [0.2, 0.25) is 0 Å². The van der Waals surface area contributed by atoms with Crippen molar-refractivity contribution < 1.29 is 28.7 Å². The molecule has 0 radical (unpaired) electrons. The van der Waals surface area contributed by atoms with Gasteiger partial charge < -0.3 is 25.3 Å². The molecule has 0 aromatic carbocycles. The third-order valence-electron chi connectivity index (χ3n) is 2.22. The average molecular weight is 275 g/mol. The lowest BCUT2D eigenvalue weighted by molar-refractivity contribution is 0.330. The van der Waals surface area contributed by atoms with Crippen molar-refractivity contribution >= 4 is 15.2 Å². The summed E-state index contributed by atoms with van der Waals surface area (Å²) in [5.41, 5.74) is 5.57. The molecule has 0 aliphatic rings. The third-order valence-corrected chi connectivity index (χ3v) is 6.00. The number of rotatable bonds is 7. The molecule has 6 N–H and O–H groups in total. The predicted octanol–water partition coefficient (Wildman–Crippen LogP) is 0.575. The molecule has 0 amide bonds. The summed E-state index contributed by atoms with van der Waals surface area (Å²) < 4.78 is 21.9. The van der Waals surface area contributed by atoms with Gasteiger partial charge in [0, 0.05) is 6.04 Å². The Morgan fingerprint density at radius 3 is 1.88 bits per heavy atom. The summed E-state index contributed by atoms with van der Waals surface area (Å²) >= 11 is 0. The van der Waals surface area contributed by atoms with Crippen LogP contribution in [0, 0.1) is 0 Å². The van der Waals surface area contributed by atoms with Gasteiger partial charge in [-0.25, -0.2) is 0 Å². The van der Waals surface area contributed by atoms with E-state index in [1.165, 1.54) is 0 Å². The number of unbranched alkanes of at least 4 members (excludes halogenated alkanes) is 1. The summed E-state index contributed by atoms with van der Waals surface area (Å²) in [6, 6.07) is -0.606. The van der Waals surface area contributed by atoms with E-state index in [0.717, 1.165) is 12.8 Å².